The van der Waals surface area contributed by atoms with Gasteiger partial charge >= 0.3 is 6.03 Å². The van der Waals surface area contributed by atoms with E-state index < -0.39 is 6.61 Å². The van der Waals surface area contributed by atoms with Crippen LogP contribution in [0.15, 0.2) is 24.3 Å². The first-order chi connectivity index (χ1) is 16.0. The van der Waals surface area contributed by atoms with Crippen molar-refractivity contribution in [1.82, 2.24) is 20.2 Å². The number of aliphatic hydroxyl groups is 1. The fourth-order valence-electron chi connectivity index (χ4n) is 4.20. The third-order valence-electron chi connectivity index (χ3n) is 6.21. The van der Waals surface area contributed by atoms with Crippen LogP contribution in [0.5, 0.6) is 0 Å². The van der Waals surface area contributed by atoms with Crippen molar-refractivity contribution >= 4 is 23.6 Å². The molecule has 10 heteroatoms. The topological polar surface area (TPSA) is 120 Å². The molecule has 1 atom stereocenters. The lowest BCUT2D eigenvalue weighted by Gasteiger charge is -2.33. The summed E-state index contributed by atoms with van der Waals surface area (Å²) in [7, 11) is 0. The summed E-state index contributed by atoms with van der Waals surface area (Å²) in [5, 5.41) is 15.1. The fourth-order valence-corrected chi connectivity index (χ4v) is 4.20. The van der Waals surface area contributed by atoms with Gasteiger partial charge in [0.1, 0.15) is 6.61 Å². The average molecular weight is 453 g/mol. The van der Waals surface area contributed by atoms with Crippen molar-refractivity contribution in [3.05, 3.63) is 35.5 Å². The molecule has 1 aliphatic carbocycles. The Kier molecular flexibility index (Phi) is 5.86. The zero-order valence-corrected chi connectivity index (χ0v) is 18.6. The summed E-state index contributed by atoms with van der Waals surface area (Å²) in [5.41, 5.74) is 4.01. The van der Waals surface area contributed by atoms with Crippen LogP contribution in [0, 0.1) is 0 Å². The molecule has 2 aromatic rings. The molecule has 3 amide bonds. The van der Waals surface area contributed by atoms with E-state index in [9.17, 15) is 14.7 Å². The molecular formula is C23H28N6O4. The molecule has 3 heterocycles. The van der Waals surface area contributed by atoms with E-state index in [1.165, 1.54) is 0 Å². The van der Waals surface area contributed by atoms with Gasteiger partial charge in [-0.1, -0.05) is 12.1 Å². The van der Waals surface area contributed by atoms with E-state index in [2.05, 4.69) is 22.5 Å². The summed E-state index contributed by atoms with van der Waals surface area (Å²) in [6, 6.07) is 7.75. The van der Waals surface area contributed by atoms with Gasteiger partial charge in [-0.3, -0.25) is 4.79 Å². The lowest BCUT2D eigenvalue weighted by molar-refractivity contribution is -0.134. The Bertz CT molecular complexity index is 1060. The van der Waals surface area contributed by atoms with E-state index in [1.807, 2.05) is 24.3 Å². The van der Waals surface area contributed by atoms with Crippen molar-refractivity contribution < 1.29 is 19.4 Å². The van der Waals surface area contributed by atoms with Crippen LogP contribution in [0.3, 0.4) is 0 Å². The number of rotatable bonds is 5. The minimum absolute atomic E-state index is 0.137. The summed E-state index contributed by atoms with van der Waals surface area (Å²) >= 11 is 0. The summed E-state index contributed by atoms with van der Waals surface area (Å²) in [6.07, 6.45) is 2.07. The maximum Gasteiger partial charge on any atom is 0.319 e. The van der Waals surface area contributed by atoms with E-state index in [0.717, 1.165) is 35.4 Å². The lowest BCUT2D eigenvalue weighted by atomic mass is 10.1. The molecule has 2 fully saturated rings. The van der Waals surface area contributed by atoms with Crippen LogP contribution in [-0.2, 0) is 22.6 Å². The van der Waals surface area contributed by atoms with Gasteiger partial charge in [-0.05, 0) is 31.9 Å². The SMILES string of the molecule is CC1COCCN1c1nc2c(c(-c3ccc(NC(=O)NC4CC4)cc3)n1)CN(C(=O)CO)C2. The first-order valence-corrected chi connectivity index (χ1v) is 11.3. The molecule has 2 aliphatic heterocycles. The second kappa shape index (κ2) is 8.95. The van der Waals surface area contributed by atoms with Gasteiger partial charge in [0.25, 0.3) is 0 Å². The van der Waals surface area contributed by atoms with Crippen LogP contribution in [0.1, 0.15) is 31.0 Å². The molecule has 0 radical (unpaired) electrons. The Hall–Kier alpha value is -3.24. The van der Waals surface area contributed by atoms with Gasteiger partial charge < -0.3 is 30.3 Å². The van der Waals surface area contributed by atoms with Crippen LogP contribution >= 0.6 is 0 Å². The number of aromatic nitrogens is 2. The number of carbonyl (C=O) groups excluding carboxylic acids is 2. The van der Waals surface area contributed by atoms with Crippen LogP contribution < -0.4 is 15.5 Å². The summed E-state index contributed by atoms with van der Waals surface area (Å²) in [5.74, 6) is 0.283. The number of benzene rings is 1. The number of fused-ring (bicyclic) bond motifs is 1. The molecule has 1 aromatic heterocycles. The number of hydrogen-bond acceptors (Lipinski definition) is 7. The smallest absolute Gasteiger partial charge is 0.319 e. The van der Waals surface area contributed by atoms with Gasteiger partial charge in [0.2, 0.25) is 11.9 Å². The van der Waals surface area contributed by atoms with E-state index in [4.69, 9.17) is 14.7 Å². The minimum atomic E-state index is -0.534. The summed E-state index contributed by atoms with van der Waals surface area (Å²) in [6.45, 7) is 4.14. The third kappa shape index (κ3) is 4.62. The number of aliphatic hydroxyl groups excluding tert-OH is 1. The maximum atomic E-state index is 12.2. The maximum absolute atomic E-state index is 12.2. The van der Waals surface area contributed by atoms with Crippen molar-refractivity contribution in [3.8, 4) is 11.3 Å². The number of morpholine rings is 1. The highest BCUT2D eigenvalue weighted by Gasteiger charge is 2.31. The molecule has 0 spiro atoms. The highest BCUT2D eigenvalue weighted by Crippen LogP contribution is 2.33. The predicted octanol–water partition coefficient (Wildman–Crippen LogP) is 1.49. The predicted molar refractivity (Wildman–Crippen MR) is 122 cm³/mol. The molecule has 33 heavy (non-hydrogen) atoms. The van der Waals surface area contributed by atoms with Gasteiger partial charge in [-0.15, -0.1) is 0 Å². The van der Waals surface area contributed by atoms with Gasteiger partial charge in [0.05, 0.1) is 43.7 Å². The monoisotopic (exact) mass is 452 g/mol. The number of amides is 3. The molecule has 3 aliphatic rings. The van der Waals surface area contributed by atoms with Gasteiger partial charge in [0.15, 0.2) is 0 Å². The standard InChI is InChI=1S/C23H28N6O4/c1-14-13-33-9-8-29(14)22-26-19-11-28(20(31)12-30)10-18(19)21(27-22)15-2-4-16(5-3-15)24-23(32)25-17-6-7-17/h2-5,14,17,30H,6-13H2,1H3,(H2,24,25,32). The molecule has 1 unspecified atom stereocenters. The molecule has 1 aromatic carbocycles. The molecule has 1 saturated heterocycles. The number of ether oxygens (including phenoxy) is 1. The number of urea groups is 1. The first kappa shape index (κ1) is 21.6. The lowest BCUT2D eigenvalue weighted by Crippen LogP contribution is -2.44. The third-order valence-corrected chi connectivity index (χ3v) is 6.21. The largest absolute Gasteiger partial charge is 0.387 e. The molecule has 174 valence electrons. The average Bonchev–Trinajstić information content (AvgIpc) is 3.52. The molecule has 0 bridgehead atoms. The Morgan fingerprint density at radius 1 is 1.18 bits per heavy atom. The van der Waals surface area contributed by atoms with Gasteiger partial charge in [-0.25, -0.2) is 14.8 Å². The molecule has 1 saturated carbocycles. The molecular weight excluding hydrogens is 424 g/mol. The summed E-state index contributed by atoms with van der Waals surface area (Å²) < 4.78 is 5.56. The number of nitrogens with zero attached hydrogens (tertiary/aromatic N) is 4. The van der Waals surface area contributed by atoms with E-state index in [1.54, 1.807) is 4.90 Å². The Labute approximate surface area is 192 Å². The highest BCUT2D eigenvalue weighted by molar-refractivity contribution is 5.90. The number of hydrogen-bond donors (Lipinski definition) is 3. The van der Waals surface area contributed by atoms with Crippen molar-refractivity contribution in [2.24, 2.45) is 0 Å². The van der Waals surface area contributed by atoms with Crippen LogP contribution in [0.4, 0.5) is 16.4 Å². The fraction of sp³-hybridized carbons (Fsp3) is 0.478. The number of carbonyl (C=O) groups is 2. The van der Waals surface area contributed by atoms with E-state index >= 15 is 0 Å². The normalized spacial score (nSPS) is 19.9. The Morgan fingerprint density at radius 3 is 2.67 bits per heavy atom. The van der Waals surface area contributed by atoms with Crippen LogP contribution in [-0.4, -0.2) is 70.4 Å². The van der Waals surface area contributed by atoms with Gasteiger partial charge in [0, 0.05) is 29.4 Å². The van der Waals surface area contributed by atoms with Crippen molar-refractivity contribution in [3.63, 3.8) is 0 Å². The second-order valence-electron chi connectivity index (χ2n) is 8.77. The van der Waals surface area contributed by atoms with Crippen molar-refractivity contribution in [2.75, 3.05) is 36.6 Å². The molecule has 5 rings (SSSR count). The molecule has 10 nitrogen and oxygen atoms in total. The zero-order valence-electron chi connectivity index (χ0n) is 18.6. The first-order valence-electron chi connectivity index (χ1n) is 11.3. The highest BCUT2D eigenvalue weighted by atomic mass is 16.5. The van der Waals surface area contributed by atoms with Crippen LogP contribution in [0.2, 0.25) is 0 Å². The quantitative estimate of drug-likeness (QED) is 0.629. The number of nitrogens with one attached hydrogen (secondary N) is 2. The zero-order chi connectivity index (χ0) is 22.9. The molecule has 3 N–H and O–H groups in total. The summed E-state index contributed by atoms with van der Waals surface area (Å²) in [4.78, 5) is 37.6. The Morgan fingerprint density at radius 2 is 1.97 bits per heavy atom. The van der Waals surface area contributed by atoms with Gasteiger partial charge in [-0.2, -0.15) is 0 Å². The van der Waals surface area contributed by atoms with E-state index in [-0.39, 0.29) is 18.0 Å². The minimum Gasteiger partial charge on any atom is -0.387 e. The second-order valence-corrected chi connectivity index (χ2v) is 8.77. The van der Waals surface area contributed by atoms with E-state index in [0.29, 0.717) is 50.5 Å². The van der Waals surface area contributed by atoms with Crippen LogP contribution in [0.25, 0.3) is 11.3 Å². The van der Waals surface area contributed by atoms with Crippen molar-refractivity contribution in [2.45, 2.75) is 44.9 Å². The van der Waals surface area contributed by atoms with Crippen molar-refractivity contribution in [1.29, 1.82) is 0 Å². The number of anilines is 2. The Balaban J connectivity index is 1.45.